The summed E-state index contributed by atoms with van der Waals surface area (Å²) in [4.78, 5) is 27.7. The number of rotatable bonds is 10. The second kappa shape index (κ2) is 11.8. The Hall–Kier alpha value is -3.72. The van der Waals surface area contributed by atoms with Gasteiger partial charge < -0.3 is 10.2 Å². The topological polar surface area (TPSA) is 86.8 Å². The Balaban J connectivity index is 2.00. The highest BCUT2D eigenvalue weighted by Gasteiger charge is 2.32. The summed E-state index contributed by atoms with van der Waals surface area (Å²) in [5.74, 6) is -1.37. The Morgan fingerprint density at radius 3 is 2.14 bits per heavy atom. The fourth-order valence-electron chi connectivity index (χ4n) is 3.65. The predicted molar refractivity (Wildman–Crippen MR) is 137 cm³/mol. The lowest BCUT2D eigenvalue weighted by atomic mass is 10.1. The average Bonchev–Trinajstić information content (AvgIpc) is 2.87. The number of carbonyl (C=O) groups is 2. The Morgan fingerprint density at radius 1 is 0.944 bits per heavy atom. The largest absolute Gasteiger partial charge is 0.355 e. The van der Waals surface area contributed by atoms with E-state index in [0.717, 1.165) is 9.87 Å². The molecular weight excluding hydrogens is 481 g/mol. The van der Waals surface area contributed by atoms with Crippen LogP contribution in [0.3, 0.4) is 0 Å². The monoisotopic (exact) mass is 511 g/mol. The highest BCUT2D eigenvalue weighted by molar-refractivity contribution is 7.92. The molecule has 9 heteroatoms. The summed E-state index contributed by atoms with van der Waals surface area (Å²) in [6, 6.07) is 19.4. The minimum Gasteiger partial charge on any atom is -0.355 e. The van der Waals surface area contributed by atoms with Crippen LogP contribution in [0.2, 0.25) is 0 Å². The molecule has 7 nitrogen and oxygen atoms in total. The third-order valence-electron chi connectivity index (χ3n) is 5.72. The lowest BCUT2D eigenvalue weighted by Crippen LogP contribution is -2.51. The Morgan fingerprint density at radius 2 is 1.56 bits per heavy atom. The van der Waals surface area contributed by atoms with Gasteiger partial charge in [-0.05, 0) is 62.7 Å². The number of carbonyl (C=O) groups excluding carboxylic acids is 2. The van der Waals surface area contributed by atoms with Crippen molar-refractivity contribution >= 4 is 27.5 Å². The summed E-state index contributed by atoms with van der Waals surface area (Å²) < 4.78 is 41.7. The summed E-state index contributed by atoms with van der Waals surface area (Å²) in [6.07, 6.45) is 0. The van der Waals surface area contributed by atoms with Crippen molar-refractivity contribution in [3.05, 3.63) is 95.8 Å². The zero-order chi connectivity index (χ0) is 26.3. The van der Waals surface area contributed by atoms with Gasteiger partial charge in [-0.2, -0.15) is 0 Å². The Kier molecular flexibility index (Phi) is 8.82. The molecule has 190 valence electrons. The lowest BCUT2D eigenvalue weighted by Gasteiger charge is -2.32. The van der Waals surface area contributed by atoms with Crippen LogP contribution >= 0.6 is 0 Å². The van der Waals surface area contributed by atoms with Crippen LogP contribution in [0.25, 0.3) is 0 Å². The number of nitrogens with one attached hydrogen (secondary N) is 1. The van der Waals surface area contributed by atoms with Gasteiger partial charge in [-0.25, -0.2) is 12.8 Å². The number of halogens is 1. The van der Waals surface area contributed by atoms with Gasteiger partial charge in [0.15, 0.2) is 0 Å². The zero-order valence-electron chi connectivity index (χ0n) is 20.5. The van der Waals surface area contributed by atoms with E-state index in [1.165, 1.54) is 41.3 Å². The first-order chi connectivity index (χ1) is 17.1. The van der Waals surface area contributed by atoms with E-state index in [1.54, 1.807) is 56.3 Å². The molecule has 3 aromatic carbocycles. The highest BCUT2D eigenvalue weighted by Crippen LogP contribution is 2.25. The van der Waals surface area contributed by atoms with E-state index in [-0.39, 0.29) is 17.3 Å². The van der Waals surface area contributed by atoms with E-state index in [1.807, 2.05) is 6.92 Å². The van der Waals surface area contributed by atoms with Crippen molar-refractivity contribution in [2.75, 3.05) is 17.4 Å². The first kappa shape index (κ1) is 26.9. The van der Waals surface area contributed by atoms with Crippen molar-refractivity contribution in [2.45, 2.75) is 38.3 Å². The Bertz CT molecular complexity index is 1280. The van der Waals surface area contributed by atoms with Crippen molar-refractivity contribution < 1.29 is 22.4 Å². The number of sulfonamides is 1. The van der Waals surface area contributed by atoms with Crippen molar-refractivity contribution in [1.82, 2.24) is 10.2 Å². The standard InChI is InChI=1S/C27H30FN3O4S/c1-4-29-27(33)21(3)30(18-22-12-14-23(28)15-13-22)26(32)19-31(24-16-10-20(2)11-17-24)36(34,35)25-8-6-5-7-9-25/h5-17,21H,4,18-19H2,1-3H3,(H,29,33). The summed E-state index contributed by atoms with van der Waals surface area (Å²) in [5.41, 5.74) is 1.86. The highest BCUT2D eigenvalue weighted by atomic mass is 32.2. The molecule has 0 aliphatic rings. The third-order valence-corrected chi connectivity index (χ3v) is 7.50. The molecule has 0 saturated carbocycles. The van der Waals surface area contributed by atoms with Gasteiger partial charge in [0.1, 0.15) is 18.4 Å². The summed E-state index contributed by atoms with van der Waals surface area (Å²) in [6.45, 7) is 5.08. The first-order valence-electron chi connectivity index (χ1n) is 11.6. The summed E-state index contributed by atoms with van der Waals surface area (Å²) >= 11 is 0. The maximum Gasteiger partial charge on any atom is 0.264 e. The SMILES string of the molecule is CCNC(=O)C(C)N(Cc1ccc(F)cc1)C(=O)CN(c1ccc(C)cc1)S(=O)(=O)c1ccccc1. The van der Waals surface area contributed by atoms with Crippen molar-refractivity contribution in [3.63, 3.8) is 0 Å². The molecule has 3 aromatic rings. The van der Waals surface area contributed by atoms with Crippen LogP contribution in [0.1, 0.15) is 25.0 Å². The molecular formula is C27H30FN3O4S. The third kappa shape index (κ3) is 6.48. The molecule has 0 fully saturated rings. The van der Waals surface area contributed by atoms with Gasteiger partial charge >= 0.3 is 0 Å². The number of aryl methyl sites for hydroxylation is 1. The van der Waals surface area contributed by atoms with Crippen LogP contribution in [0.5, 0.6) is 0 Å². The van der Waals surface area contributed by atoms with Crippen LogP contribution < -0.4 is 9.62 Å². The van der Waals surface area contributed by atoms with Crippen LogP contribution in [0.4, 0.5) is 10.1 Å². The normalized spacial score (nSPS) is 12.0. The Labute approximate surface area is 211 Å². The van der Waals surface area contributed by atoms with Crippen molar-refractivity contribution in [1.29, 1.82) is 0 Å². The van der Waals surface area contributed by atoms with Gasteiger partial charge in [0.2, 0.25) is 11.8 Å². The van der Waals surface area contributed by atoms with Gasteiger partial charge in [0.05, 0.1) is 10.6 Å². The van der Waals surface area contributed by atoms with E-state index in [2.05, 4.69) is 5.32 Å². The molecule has 0 aliphatic heterocycles. The predicted octanol–water partition coefficient (Wildman–Crippen LogP) is 3.88. The second-order valence-electron chi connectivity index (χ2n) is 8.38. The molecule has 0 spiro atoms. The van der Waals surface area contributed by atoms with E-state index < -0.39 is 34.3 Å². The molecule has 0 saturated heterocycles. The van der Waals surface area contributed by atoms with Gasteiger partial charge in [-0.1, -0.05) is 48.0 Å². The maximum absolute atomic E-state index is 13.7. The van der Waals surface area contributed by atoms with E-state index in [4.69, 9.17) is 0 Å². The maximum atomic E-state index is 13.7. The molecule has 1 atom stereocenters. The summed E-state index contributed by atoms with van der Waals surface area (Å²) in [5, 5.41) is 2.70. The second-order valence-corrected chi connectivity index (χ2v) is 10.2. The van der Waals surface area contributed by atoms with Crippen LogP contribution in [0, 0.1) is 12.7 Å². The van der Waals surface area contributed by atoms with Gasteiger partial charge in [0, 0.05) is 13.1 Å². The number of hydrogen-bond acceptors (Lipinski definition) is 4. The first-order valence-corrected chi connectivity index (χ1v) is 13.0. The number of benzene rings is 3. The molecule has 3 rings (SSSR count). The molecule has 1 N–H and O–H groups in total. The molecule has 0 radical (unpaired) electrons. The lowest BCUT2D eigenvalue weighted by molar-refractivity contribution is -0.139. The zero-order valence-corrected chi connectivity index (χ0v) is 21.3. The van der Waals surface area contributed by atoms with E-state index >= 15 is 0 Å². The van der Waals surface area contributed by atoms with Crippen LogP contribution in [0.15, 0.2) is 83.8 Å². The fourth-order valence-corrected chi connectivity index (χ4v) is 5.09. The number of likely N-dealkylation sites (N-methyl/N-ethyl adjacent to an activating group) is 1. The minimum absolute atomic E-state index is 0.00450. The molecule has 0 bridgehead atoms. The summed E-state index contributed by atoms with van der Waals surface area (Å²) in [7, 11) is -4.09. The van der Waals surface area contributed by atoms with Gasteiger partial charge in [-0.15, -0.1) is 0 Å². The quantitative estimate of drug-likeness (QED) is 0.448. The smallest absolute Gasteiger partial charge is 0.264 e. The number of amides is 2. The molecule has 36 heavy (non-hydrogen) atoms. The van der Waals surface area contributed by atoms with E-state index in [0.29, 0.717) is 17.8 Å². The molecule has 2 amide bonds. The van der Waals surface area contributed by atoms with Crippen molar-refractivity contribution in [3.8, 4) is 0 Å². The molecule has 1 unspecified atom stereocenters. The molecule has 0 aliphatic carbocycles. The fraction of sp³-hybridized carbons (Fsp3) is 0.259. The average molecular weight is 512 g/mol. The van der Waals surface area contributed by atoms with Crippen molar-refractivity contribution in [2.24, 2.45) is 0 Å². The molecule has 0 aromatic heterocycles. The molecule has 0 heterocycles. The number of anilines is 1. The van der Waals surface area contributed by atoms with Crippen LogP contribution in [-0.2, 0) is 26.2 Å². The number of hydrogen-bond donors (Lipinski definition) is 1. The van der Waals surface area contributed by atoms with Crippen LogP contribution in [-0.4, -0.2) is 44.3 Å². The van der Waals surface area contributed by atoms with Gasteiger partial charge in [-0.3, -0.25) is 13.9 Å². The minimum atomic E-state index is -4.09. The van der Waals surface area contributed by atoms with E-state index in [9.17, 15) is 22.4 Å². The number of nitrogens with zero attached hydrogens (tertiary/aromatic N) is 2. The van der Waals surface area contributed by atoms with Gasteiger partial charge in [0.25, 0.3) is 10.0 Å².